The second kappa shape index (κ2) is 9.34. The maximum Gasteiger partial charge on any atom is 0.253 e. The number of carbonyl (C=O) groups is 2. The summed E-state index contributed by atoms with van der Waals surface area (Å²) in [5, 5.41) is 0. The van der Waals surface area contributed by atoms with E-state index in [1.165, 1.54) is 24.3 Å². The topological polar surface area (TPSA) is 56.8 Å². The molecule has 2 aromatic rings. The van der Waals surface area contributed by atoms with Gasteiger partial charge in [-0.2, -0.15) is 0 Å². The number of piperidine rings is 1. The van der Waals surface area contributed by atoms with Crippen molar-refractivity contribution in [3.05, 3.63) is 65.7 Å². The van der Waals surface area contributed by atoms with E-state index >= 15 is 0 Å². The van der Waals surface area contributed by atoms with Crippen LogP contribution in [0.3, 0.4) is 0 Å². The van der Waals surface area contributed by atoms with E-state index in [1.807, 2.05) is 29.3 Å². The molecule has 0 spiro atoms. The highest BCUT2D eigenvalue weighted by molar-refractivity contribution is 5.94. The van der Waals surface area contributed by atoms with Gasteiger partial charge in [0, 0.05) is 63.5 Å². The summed E-state index contributed by atoms with van der Waals surface area (Å²) in [6, 6.07) is 11.6. The Morgan fingerprint density at radius 3 is 2.23 bits per heavy atom. The number of piperazine rings is 1. The van der Waals surface area contributed by atoms with Crippen molar-refractivity contribution in [3.63, 3.8) is 0 Å². The fourth-order valence-corrected chi connectivity index (χ4v) is 4.21. The molecule has 4 rings (SSSR count). The molecular weight excluding hydrogens is 383 g/mol. The number of rotatable bonds is 4. The third-order valence-corrected chi connectivity index (χ3v) is 6.02. The minimum Gasteiger partial charge on any atom is -0.340 e. The molecule has 7 heteroatoms. The minimum absolute atomic E-state index is 0.0235. The smallest absolute Gasteiger partial charge is 0.253 e. The third kappa shape index (κ3) is 4.84. The van der Waals surface area contributed by atoms with Crippen LogP contribution >= 0.6 is 0 Å². The van der Waals surface area contributed by atoms with E-state index in [0.29, 0.717) is 31.5 Å². The van der Waals surface area contributed by atoms with E-state index < -0.39 is 0 Å². The Labute approximate surface area is 176 Å². The zero-order valence-electron chi connectivity index (χ0n) is 17.0. The molecule has 1 aromatic carbocycles. The molecule has 2 fully saturated rings. The van der Waals surface area contributed by atoms with Gasteiger partial charge in [-0.1, -0.05) is 6.07 Å². The predicted octanol–water partition coefficient (Wildman–Crippen LogP) is 2.42. The Morgan fingerprint density at radius 1 is 0.900 bits per heavy atom. The number of aromatic nitrogens is 1. The first kappa shape index (κ1) is 20.5. The lowest BCUT2D eigenvalue weighted by molar-refractivity contribution is -0.138. The second-order valence-electron chi connectivity index (χ2n) is 8.00. The SMILES string of the molecule is O=C(c1ccc(F)cc1)N1CCC(C(=O)N2CCN(Cc3ccccn3)CC2)CC1. The number of amides is 2. The first-order chi connectivity index (χ1) is 14.6. The number of likely N-dealkylation sites (tertiary alicyclic amines) is 1. The lowest BCUT2D eigenvalue weighted by Crippen LogP contribution is -2.51. The molecule has 0 bridgehead atoms. The zero-order valence-corrected chi connectivity index (χ0v) is 17.0. The van der Waals surface area contributed by atoms with E-state index in [0.717, 1.165) is 38.4 Å². The Bertz CT molecular complexity index is 859. The van der Waals surface area contributed by atoms with Gasteiger partial charge in [-0.05, 0) is 49.2 Å². The number of hydrogen-bond acceptors (Lipinski definition) is 4. The van der Waals surface area contributed by atoms with Gasteiger partial charge in [0.2, 0.25) is 5.91 Å². The van der Waals surface area contributed by atoms with Crippen molar-refractivity contribution in [2.45, 2.75) is 19.4 Å². The average Bonchev–Trinajstić information content (AvgIpc) is 2.80. The predicted molar refractivity (Wildman–Crippen MR) is 111 cm³/mol. The zero-order chi connectivity index (χ0) is 20.9. The monoisotopic (exact) mass is 410 g/mol. The van der Waals surface area contributed by atoms with E-state index in [9.17, 15) is 14.0 Å². The van der Waals surface area contributed by atoms with Crippen LogP contribution in [0.15, 0.2) is 48.7 Å². The van der Waals surface area contributed by atoms with Crippen LogP contribution in [-0.2, 0) is 11.3 Å². The van der Waals surface area contributed by atoms with Crippen LogP contribution in [0, 0.1) is 11.7 Å². The molecular formula is C23H27FN4O2. The summed E-state index contributed by atoms with van der Waals surface area (Å²) >= 11 is 0. The summed E-state index contributed by atoms with van der Waals surface area (Å²) < 4.78 is 13.1. The van der Waals surface area contributed by atoms with Gasteiger partial charge in [0.25, 0.3) is 5.91 Å². The summed E-state index contributed by atoms with van der Waals surface area (Å²) in [6.07, 6.45) is 3.17. The normalized spacial score (nSPS) is 18.4. The van der Waals surface area contributed by atoms with Gasteiger partial charge in [-0.3, -0.25) is 19.5 Å². The summed E-state index contributed by atoms with van der Waals surface area (Å²) in [5.41, 5.74) is 1.54. The van der Waals surface area contributed by atoms with Crippen molar-refractivity contribution < 1.29 is 14.0 Å². The molecule has 2 aliphatic heterocycles. The molecule has 6 nitrogen and oxygen atoms in total. The van der Waals surface area contributed by atoms with E-state index in [4.69, 9.17) is 0 Å². The molecule has 2 aliphatic rings. The quantitative estimate of drug-likeness (QED) is 0.777. The third-order valence-electron chi connectivity index (χ3n) is 6.02. The molecule has 158 valence electrons. The molecule has 0 aliphatic carbocycles. The van der Waals surface area contributed by atoms with Crippen molar-refractivity contribution in [3.8, 4) is 0 Å². The first-order valence-electron chi connectivity index (χ1n) is 10.6. The molecule has 30 heavy (non-hydrogen) atoms. The van der Waals surface area contributed by atoms with Gasteiger partial charge < -0.3 is 9.80 Å². The van der Waals surface area contributed by atoms with E-state index in [1.54, 1.807) is 4.90 Å². The van der Waals surface area contributed by atoms with Gasteiger partial charge >= 0.3 is 0 Å². The fraction of sp³-hybridized carbons (Fsp3) is 0.435. The molecule has 0 unspecified atom stereocenters. The summed E-state index contributed by atoms with van der Waals surface area (Å²) in [5.74, 6) is -0.258. The molecule has 2 amide bonds. The number of hydrogen-bond donors (Lipinski definition) is 0. The van der Waals surface area contributed by atoms with Gasteiger partial charge in [-0.25, -0.2) is 4.39 Å². The Balaban J connectivity index is 1.24. The number of pyridine rings is 1. The van der Waals surface area contributed by atoms with Crippen molar-refractivity contribution >= 4 is 11.8 Å². The average molecular weight is 410 g/mol. The van der Waals surface area contributed by atoms with Gasteiger partial charge in [0.15, 0.2) is 0 Å². The van der Waals surface area contributed by atoms with Gasteiger partial charge in [0.1, 0.15) is 5.82 Å². The van der Waals surface area contributed by atoms with Crippen molar-refractivity contribution in [1.82, 2.24) is 19.7 Å². The molecule has 0 saturated carbocycles. The second-order valence-corrected chi connectivity index (χ2v) is 8.00. The standard InChI is InChI=1S/C23H27FN4O2/c24-20-6-4-18(5-7-20)22(29)27-11-8-19(9-12-27)23(30)28-15-13-26(14-16-28)17-21-3-1-2-10-25-21/h1-7,10,19H,8-9,11-17H2. The Kier molecular flexibility index (Phi) is 6.38. The number of benzene rings is 1. The summed E-state index contributed by atoms with van der Waals surface area (Å²) in [6.45, 7) is 5.11. The molecule has 2 saturated heterocycles. The van der Waals surface area contributed by atoms with Crippen LogP contribution < -0.4 is 0 Å². The summed E-state index contributed by atoms with van der Waals surface area (Å²) in [4.78, 5) is 36.0. The number of halogens is 1. The number of nitrogens with zero attached hydrogens (tertiary/aromatic N) is 4. The molecule has 0 N–H and O–H groups in total. The van der Waals surface area contributed by atoms with Crippen LogP contribution in [0.4, 0.5) is 4.39 Å². The number of carbonyl (C=O) groups excluding carboxylic acids is 2. The van der Waals surface area contributed by atoms with Crippen LogP contribution in [0.5, 0.6) is 0 Å². The highest BCUT2D eigenvalue weighted by atomic mass is 19.1. The van der Waals surface area contributed by atoms with Crippen molar-refractivity contribution in [1.29, 1.82) is 0 Å². The highest BCUT2D eigenvalue weighted by Gasteiger charge is 2.32. The van der Waals surface area contributed by atoms with Gasteiger partial charge in [0.05, 0.1) is 5.69 Å². The molecule has 1 aromatic heterocycles. The maximum atomic E-state index is 13.1. The van der Waals surface area contributed by atoms with E-state index in [2.05, 4.69) is 9.88 Å². The van der Waals surface area contributed by atoms with Crippen LogP contribution in [0.25, 0.3) is 0 Å². The van der Waals surface area contributed by atoms with Gasteiger partial charge in [-0.15, -0.1) is 0 Å². The molecule has 3 heterocycles. The minimum atomic E-state index is -0.351. The van der Waals surface area contributed by atoms with Crippen LogP contribution in [0.1, 0.15) is 28.9 Å². The summed E-state index contributed by atoms with van der Waals surface area (Å²) in [7, 11) is 0. The van der Waals surface area contributed by atoms with Crippen LogP contribution in [0.2, 0.25) is 0 Å². The highest BCUT2D eigenvalue weighted by Crippen LogP contribution is 2.22. The van der Waals surface area contributed by atoms with Crippen LogP contribution in [-0.4, -0.2) is 70.8 Å². The largest absolute Gasteiger partial charge is 0.340 e. The lowest BCUT2D eigenvalue weighted by Gasteiger charge is -2.38. The molecule has 0 atom stereocenters. The van der Waals surface area contributed by atoms with E-state index in [-0.39, 0.29) is 23.5 Å². The van der Waals surface area contributed by atoms with Crippen molar-refractivity contribution in [2.24, 2.45) is 5.92 Å². The first-order valence-corrected chi connectivity index (χ1v) is 10.6. The van der Waals surface area contributed by atoms with Crippen molar-refractivity contribution in [2.75, 3.05) is 39.3 Å². The molecule has 0 radical (unpaired) electrons. The Hall–Kier alpha value is -2.80. The maximum absolute atomic E-state index is 13.1. The lowest BCUT2D eigenvalue weighted by atomic mass is 9.94. The fourth-order valence-electron chi connectivity index (χ4n) is 4.21. The Morgan fingerprint density at radius 2 is 1.60 bits per heavy atom.